The van der Waals surface area contributed by atoms with Crippen LogP contribution >= 0.6 is 0 Å². The number of piperazine rings is 1. The molecule has 3 saturated heterocycles. The van der Waals surface area contributed by atoms with Crippen molar-refractivity contribution in [2.24, 2.45) is 11.3 Å². The molecule has 6 heterocycles. The predicted octanol–water partition coefficient (Wildman–Crippen LogP) is 4.17. The topological polar surface area (TPSA) is 218 Å². The fourth-order valence-corrected chi connectivity index (χ4v) is 10.1. The van der Waals surface area contributed by atoms with Crippen LogP contribution in [0.3, 0.4) is 0 Å². The van der Waals surface area contributed by atoms with E-state index in [0.717, 1.165) is 43.9 Å². The largest absolute Gasteiger partial charge is 0.508 e. The zero-order valence-electron chi connectivity index (χ0n) is 40.8. The number of aryl methyl sites for hydroxylation is 1. The average Bonchev–Trinajstić information content (AvgIpc) is 4.14. The summed E-state index contributed by atoms with van der Waals surface area (Å²) in [5, 5.41) is 19.6. The Balaban J connectivity index is 1.17. The number of benzene rings is 2. The molecule has 3 fully saturated rings. The number of esters is 1. The van der Waals surface area contributed by atoms with E-state index in [1.165, 1.54) is 21.9 Å². The Labute approximate surface area is 402 Å². The molecule has 4 aliphatic rings. The number of likely N-dealkylation sites (N-methyl/N-ethyl adjacent to an activating group) is 1. The van der Waals surface area contributed by atoms with Crippen LogP contribution in [0.25, 0.3) is 33.3 Å². The summed E-state index contributed by atoms with van der Waals surface area (Å²) in [5.41, 5.74) is 9.32. The quantitative estimate of drug-likeness (QED) is 0.137. The highest BCUT2D eigenvalue weighted by Gasteiger charge is 2.42. The van der Waals surface area contributed by atoms with E-state index in [1.54, 1.807) is 39.3 Å². The van der Waals surface area contributed by atoms with Crippen LogP contribution in [-0.4, -0.2) is 148 Å². The number of hydrogen-bond donors (Lipinski definition) is 4. The van der Waals surface area contributed by atoms with Gasteiger partial charge in [-0.2, -0.15) is 0 Å². The van der Waals surface area contributed by atoms with E-state index >= 15 is 0 Å². The maximum absolute atomic E-state index is 14.8. The number of hydrogen-bond acceptors (Lipinski definition) is 12. The van der Waals surface area contributed by atoms with Gasteiger partial charge in [-0.25, -0.2) is 10.2 Å². The van der Waals surface area contributed by atoms with Gasteiger partial charge in [0, 0.05) is 81.4 Å². The molecule has 4 N–H and O–H groups in total. The number of hydrazine groups is 1. The Bertz CT molecular complexity index is 2660. The molecule has 0 aliphatic carbocycles. The molecule has 6 bridgehead atoms. The first kappa shape index (κ1) is 49.1. The van der Waals surface area contributed by atoms with Crippen molar-refractivity contribution in [1.82, 2.24) is 45.3 Å². The van der Waals surface area contributed by atoms with Crippen LogP contribution in [0.2, 0.25) is 0 Å². The number of fused-ring (bicyclic) bond motifs is 6. The molecule has 8 rings (SSSR count). The SMILES string of the molecule is CCn1c(-c2cccnc2[C@H](C)OC)c2c3cc(ccc31)-c1cc(O)cc(c1)C[C@H](NC(=O)C(C(C)C)N(C)C(=O)N1CCN(C(=O)[C@@H]3CN3)CC1=O)C(=O)N1CCC[C@H](N1)C(=O)OCC(C)(C)C2. The zero-order valence-corrected chi connectivity index (χ0v) is 40.8. The number of imide groups is 1. The van der Waals surface area contributed by atoms with E-state index in [4.69, 9.17) is 14.5 Å². The van der Waals surface area contributed by atoms with E-state index in [9.17, 15) is 33.9 Å². The predicted molar refractivity (Wildman–Crippen MR) is 257 cm³/mol. The van der Waals surface area contributed by atoms with Crippen molar-refractivity contribution in [2.75, 3.05) is 53.5 Å². The van der Waals surface area contributed by atoms with Gasteiger partial charge in [-0.05, 0) is 97.7 Å². The molecule has 6 amide bonds. The fourth-order valence-electron chi connectivity index (χ4n) is 10.1. The maximum atomic E-state index is 14.8. The summed E-state index contributed by atoms with van der Waals surface area (Å²) in [4.78, 5) is 91.7. The third kappa shape index (κ3) is 10.2. The standard InChI is InChI=1S/C51H65N9O9/c1-9-58-41-15-14-32-24-36(41)37(45(58)35-12-10-16-52-43(35)30(4)68-8)25-51(5,6)28-69-49(66)38-13-11-17-60(55-38)48(65)39(22-31-20-33(32)23-34(61)21-31)54-46(63)44(29(2)3)56(7)50(67)59-19-18-57(27-42(59)62)47(64)40-26-53-40/h10,12,14-16,20-21,23-24,29-30,38-40,44,53,55,61H,9,11,13,17-19,22,25-28H2,1-8H3,(H,54,63)/t30-,38-,39-,40-,44?/m0/s1. The van der Waals surface area contributed by atoms with Gasteiger partial charge in [0.1, 0.15) is 30.4 Å². The second-order valence-corrected chi connectivity index (χ2v) is 19.9. The number of urea groups is 1. The number of nitrogens with zero attached hydrogens (tertiary/aromatic N) is 6. The van der Waals surface area contributed by atoms with Gasteiger partial charge < -0.3 is 39.6 Å². The number of nitrogens with one attached hydrogen (secondary N) is 3. The summed E-state index contributed by atoms with van der Waals surface area (Å²) in [7, 11) is 3.11. The smallest absolute Gasteiger partial charge is 0.327 e. The molecule has 368 valence electrons. The van der Waals surface area contributed by atoms with Crippen molar-refractivity contribution in [3.63, 3.8) is 0 Å². The van der Waals surface area contributed by atoms with E-state index in [2.05, 4.69) is 59.6 Å². The normalized spacial score (nSPS) is 21.7. The zero-order chi connectivity index (χ0) is 49.5. The number of rotatable bonds is 9. The average molecular weight is 948 g/mol. The monoisotopic (exact) mass is 947 g/mol. The number of aromatic hydroxyl groups is 1. The van der Waals surface area contributed by atoms with Gasteiger partial charge in [0.25, 0.3) is 5.91 Å². The van der Waals surface area contributed by atoms with E-state index in [-0.39, 0.29) is 63.0 Å². The van der Waals surface area contributed by atoms with Crippen molar-refractivity contribution >= 4 is 46.5 Å². The summed E-state index contributed by atoms with van der Waals surface area (Å²) in [6.07, 6.45) is 2.82. The van der Waals surface area contributed by atoms with Crippen molar-refractivity contribution < 1.29 is 43.3 Å². The van der Waals surface area contributed by atoms with Crippen LogP contribution in [0.1, 0.15) is 77.3 Å². The molecule has 69 heavy (non-hydrogen) atoms. The molecular formula is C51H65N9O9. The fraction of sp³-hybridized carbons (Fsp3) is 0.510. The molecule has 18 heteroatoms. The summed E-state index contributed by atoms with van der Waals surface area (Å²) >= 11 is 0. The third-order valence-electron chi connectivity index (χ3n) is 13.8. The molecule has 0 saturated carbocycles. The van der Waals surface area contributed by atoms with Crippen LogP contribution in [0, 0.1) is 11.3 Å². The van der Waals surface area contributed by atoms with Gasteiger partial charge in [0.15, 0.2) is 0 Å². The number of phenols is 1. The Morgan fingerprint density at radius 3 is 2.51 bits per heavy atom. The van der Waals surface area contributed by atoms with E-state index < -0.39 is 59.2 Å². The minimum atomic E-state index is -1.23. The molecule has 2 aromatic heterocycles. The van der Waals surface area contributed by atoms with Crippen LogP contribution in [-0.2, 0) is 52.8 Å². The van der Waals surface area contributed by atoms with Crippen LogP contribution < -0.4 is 16.1 Å². The van der Waals surface area contributed by atoms with E-state index in [1.807, 2.05) is 25.1 Å². The number of methoxy groups -OCH3 is 1. The first-order chi connectivity index (χ1) is 32.9. The lowest BCUT2D eigenvalue weighted by Gasteiger charge is -2.39. The van der Waals surface area contributed by atoms with Crippen molar-refractivity contribution in [3.05, 3.63) is 71.5 Å². The van der Waals surface area contributed by atoms with Gasteiger partial charge in [0.05, 0.1) is 30.1 Å². The third-order valence-corrected chi connectivity index (χ3v) is 13.8. The lowest BCUT2D eigenvalue weighted by Crippen LogP contribution is -2.63. The number of ether oxygens (including phenoxy) is 2. The molecule has 2 aromatic carbocycles. The van der Waals surface area contributed by atoms with Crippen molar-refractivity contribution in [2.45, 2.75) is 104 Å². The number of carbonyl (C=O) groups excluding carboxylic acids is 6. The Morgan fingerprint density at radius 1 is 1.04 bits per heavy atom. The van der Waals surface area contributed by atoms with Gasteiger partial charge in [-0.15, -0.1) is 0 Å². The molecule has 0 spiro atoms. The molecular weight excluding hydrogens is 883 g/mol. The second-order valence-electron chi connectivity index (χ2n) is 19.9. The Kier molecular flexibility index (Phi) is 14.2. The maximum Gasteiger partial charge on any atom is 0.327 e. The number of aromatic nitrogens is 2. The second kappa shape index (κ2) is 19.9. The molecule has 0 radical (unpaired) electrons. The number of phenolic OH excluding ortho intramolecular Hbond substituents is 1. The number of carbonyl (C=O) groups is 6. The first-order valence-corrected chi connectivity index (χ1v) is 24.0. The summed E-state index contributed by atoms with van der Waals surface area (Å²) < 4.78 is 14.2. The minimum absolute atomic E-state index is 0.0332. The Hall–Kier alpha value is -6.37. The van der Waals surface area contributed by atoms with Crippen LogP contribution in [0.4, 0.5) is 4.79 Å². The number of pyridine rings is 1. The van der Waals surface area contributed by atoms with Crippen LogP contribution in [0.15, 0.2) is 54.7 Å². The van der Waals surface area contributed by atoms with E-state index in [0.29, 0.717) is 43.5 Å². The highest BCUT2D eigenvalue weighted by molar-refractivity contribution is 6.00. The van der Waals surface area contributed by atoms with Crippen molar-refractivity contribution in [1.29, 1.82) is 0 Å². The van der Waals surface area contributed by atoms with Gasteiger partial charge >= 0.3 is 12.0 Å². The van der Waals surface area contributed by atoms with Crippen molar-refractivity contribution in [3.8, 4) is 28.1 Å². The van der Waals surface area contributed by atoms with Gasteiger partial charge in [0.2, 0.25) is 17.7 Å². The molecule has 4 aliphatic heterocycles. The minimum Gasteiger partial charge on any atom is -0.508 e. The van der Waals surface area contributed by atoms with Crippen LogP contribution in [0.5, 0.6) is 5.75 Å². The molecule has 5 atom stereocenters. The summed E-state index contributed by atoms with van der Waals surface area (Å²) in [6.45, 7) is 13.1. The lowest BCUT2D eigenvalue weighted by atomic mass is 9.84. The number of cyclic esters (lactones) is 1. The highest BCUT2D eigenvalue weighted by atomic mass is 16.5. The molecule has 4 aromatic rings. The van der Waals surface area contributed by atoms with Gasteiger partial charge in [-0.1, -0.05) is 39.8 Å². The molecule has 18 nitrogen and oxygen atoms in total. The summed E-state index contributed by atoms with van der Waals surface area (Å²) in [5.74, 6) is -2.92. The lowest BCUT2D eigenvalue weighted by molar-refractivity contribution is -0.155. The molecule has 1 unspecified atom stereocenters. The first-order valence-electron chi connectivity index (χ1n) is 24.0. The Morgan fingerprint density at radius 2 is 1.81 bits per heavy atom. The highest BCUT2D eigenvalue weighted by Crippen LogP contribution is 2.42. The summed E-state index contributed by atoms with van der Waals surface area (Å²) in [6, 6.07) is 11.1. The van der Waals surface area contributed by atoms with Gasteiger partial charge in [-0.3, -0.25) is 38.9 Å². The number of amides is 6.